The van der Waals surface area contributed by atoms with Crippen molar-refractivity contribution < 1.29 is 23.8 Å². The molecule has 0 atom stereocenters. The molecule has 0 unspecified atom stereocenters. The highest BCUT2D eigenvalue weighted by Gasteiger charge is 2.16. The molecule has 0 spiro atoms. The zero-order valence-electron chi connectivity index (χ0n) is 16.2. The Morgan fingerprint density at radius 2 is 1.87 bits per heavy atom. The largest absolute Gasteiger partial charge is 0.490 e. The van der Waals surface area contributed by atoms with E-state index >= 15 is 0 Å². The molecule has 0 saturated heterocycles. The Bertz CT molecular complexity index is 998. The second-order valence-electron chi connectivity index (χ2n) is 5.76. The Balaban J connectivity index is 2.30. The van der Waals surface area contributed by atoms with Gasteiger partial charge in [0.1, 0.15) is 11.6 Å². The number of carbonyl (C=O) groups is 2. The normalized spacial score (nSPS) is 10.7. The highest BCUT2D eigenvalue weighted by atomic mass is 35.5. The summed E-state index contributed by atoms with van der Waals surface area (Å²) >= 11 is 12.1. The van der Waals surface area contributed by atoms with E-state index in [0.29, 0.717) is 22.9 Å². The van der Waals surface area contributed by atoms with Crippen LogP contribution in [0.3, 0.4) is 0 Å². The number of esters is 1. The molecule has 0 aliphatic heterocycles. The first kappa shape index (κ1) is 23.1. The zero-order chi connectivity index (χ0) is 22.1. The van der Waals surface area contributed by atoms with E-state index in [0.717, 1.165) is 0 Å². The fourth-order valence-electron chi connectivity index (χ4n) is 2.31. The first-order valence-electron chi connectivity index (χ1n) is 8.72. The van der Waals surface area contributed by atoms with Crippen LogP contribution in [0.4, 0.5) is 5.69 Å². The molecule has 9 heteroatoms. The Morgan fingerprint density at radius 3 is 2.47 bits per heavy atom. The lowest BCUT2D eigenvalue weighted by Crippen LogP contribution is -2.14. The molecule has 2 aromatic carbocycles. The van der Waals surface area contributed by atoms with Crippen LogP contribution < -0.4 is 14.8 Å². The van der Waals surface area contributed by atoms with Gasteiger partial charge in [0, 0.05) is 10.7 Å². The number of anilines is 1. The molecule has 0 radical (unpaired) electrons. The SMILES string of the molecule is CCOc1cc(/C=C(\C#N)C(=O)Nc2ccc(Cl)cc2)cc(Cl)c1OCC(=O)OC. The summed E-state index contributed by atoms with van der Waals surface area (Å²) in [5.74, 6) is -0.760. The van der Waals surface area contributed by atoms with E-state index in [9.17, 15) is 14.9 Å². The molecule has 0 saturated carbocycles. The second-order valence-corrected chi connectivity index (χ2v) is 6.60. The minimum Gasteiger partial charge on any atom is -0.490 e. The molecular formula is C21H18Cl2N2O5. The summed E-state index contributed by atoms with van der Waals surface area (Å²) in [5, 5.41) is 12.7. The first-order valence-corrected chi connectivity index (χ1v) is 9.48. The lowest BCUT2D eigenvalue weighted by molar-refractivity contribution is -0.142. The average molecular weight is 449 g/mol. The minimum atomic E-state index is -0.597. The number of hydrogen-bond acceptors (Lipinski definition) is 6. The third-order valence-electron chi connectivity index (χ3n) is 3.67. The molecule has 7 nitrogen and oxygen atoms in total. The zero-order valence-corrected chi connectivity index (χ0v) is 17.7. The van der Waals surface area contributed by atoms with Gasteiger partial charge < -0.3 is 19.5 Å². The van der Waals surface area contributed by atoms with Crippen LogP contribution in [0, 0.1) is 11.3 Å². The van der Waals surface area contributed by atoms with Crippen LogP contribution in [-0.4, -0.2) is 32.2 Å². The number of rotatable bonds is 8. The molecule has 1 N–H and O–H groups in total. The number of carbonyl (C=O) groups excluding carboxylic acids is 2. The fourth-order valence-corrected chi connectivity index (χ4v) is 2.71. The topological polar surface area (TPSA) is 97.6 Å². The van der Waals surface area contributed by atoms with E-state index in [1.165, 1.54) is 19.3 Å². The van der Waals surface area contributed by atoms with E-state index in [4.69, 9.17) is 32.7 Å². The van der Waals surface area contributed by atoms with Gasteiger partial charge in [0.2, 0.25) is 0 Å². The molecule has 156 valence electrons. The lowest BCUT2D eigenvalue weighted by Gasteiger charge is -2.14. The van der Waals surface area contributed by atoms with Crippen LogP contribution in [0.2, 0.25) is 10.0 Å². The number of nitriles is 1. The summed E-state index contributed by atoms with van der Waals surface area (Å²) in [6.45, 7) is 1.72. The van der Waals surface area contributed by atoms with Crippen LogP contribution >= 0.6 is 23.2 Å². The van der Waals surface area contributed by atoms with Gasteiger partial charge in [-0.2, -0.15) is 5.26 Å². The van der Waals surface area contributed by atoms with Crippen molar-refractivity contribution in [1.29, 1.82) is 5.26 Å². The molecule has 0 bridgehead atoms. The fraction of sp³-hybridized carbons (Fsp3) is 0.190. The van der Waals surface area contributed by atoms with Crippen molar-refractivity contribution in [3.63, 3.8) is 0 Å². The number of methoxy groups -OCH3 is 1. The Kier molecular flexibility index (Phi) is 8.54. The number of benzene rings is 2. The summed E-state index contributed by atoms with van der Waals surface area (Å²) in [5.41, 5.74) is 0.786. The van der Waals surface area contributed by atoms with Gasteiger partial charge in [0.25, 0.3) is 5.91 Å². The quantitative estimate of drug-likeness (QED) is 0.362. The molecular weight excluding hydrogens is 431 g/mol. The van der Waals surface area contributed by atoms with E-state index < -0.39 is 11.9 Å². The number of ether oxygens (including phenoxy) is 3. The molecule has 1 amide bonds. The van der Waals surface area contributed by atoms with Crippen molar-refractivity contribution in [2.45, 2.75) is 6.92 Å². The van der Waals surface area contributed by atoms with Gasteiger partial charge in [-0.15, -0.1) is 0 Å². The molecule has 0 heterocycles. The summed E-state index contributed by atoms with van der Waals surface area (Å²) in [6.07, 6.45) is 1.36. The molecule has 2 rings (SSSR count). The molecule has 30 heavy (non-hydrogen) atoms. The first-order chi connectivity index (χ1) is 14.4. The number of nitrogens with one attached hydrogen (secondary N) is 1. The predicted octanol–water partition coefficient (Wildman–Crippen LogP) is 4.49. The van der Waals surface area contributed by atoms with Crippen molar-refractivity contribution in [2.75, 3.05) is 25.6 Å². The lowest BCUT2D eigenvalue weighted by atomic mass is 10.1. The summed E-state index contributed by atoms with van der Waals surface area (Å²) < 4.78 is 15.4. The highest BCUT2D eigenvalue weighted by molar-refractivity contribution is 6.32. The van der Waals surface area contributed by atoms with Gasteiger partial charge in [-0.1, -0.05) is 23.2 Å². The number of halogens is 2. The Labute approximate surface area is 183 Å². The van der Waals surface area contributed by atoms with E-state index in [-0.39, 0.29) is 28.7 Å². The van der Waals surface area contributed by atoms with Crippen molar-refractivity contribution in [3.05, 3.63) is 57.6 Å². The van der Waals surface area contributed by atoms with Gasteiger partial charge in [-0.05, 0) is 55.0 Å². The van der Waals surface area contributed by atoms with Crippen molar-refractivity contribution >= 4 is 46.8 Å². The maximum atomic E-state index is 12.4. The van der Waals surface area contributed by atoms with Crippen LogP contribution in [0.1, 0.15) is 12.5 Å². The maximum absolute atomic E-state index is 12.4. The van der Waals surface area contributed by atoms with Crippen LogP contribution in [0.15, 0.2) is 42.0 Å². The number of amides is 1. The monoisotopic (exact) mass is 448 g/mol. The smallest absolute Gasteiger partial charge is 0.343 e. The van der Waals surface area contributed by atoms with E-state index in [2.05, 4.69) is 10.1 Å². The number of nitrogens with zero attached hydrogens (tertiary/aromatic N) is 1. The number of hydrogen-bond donors (Lipinski definition) is 1. The minimum absolute atomic E-state index is 0.145. The van der Waals surface area contributed by atoms with Crippen LogP contribution in [-0.2, 0) is 14.3 Å². The molecule has 2 aromatic rings. The highest BCUT2D eigenvalue weighted by Crippen LogP contribution is 2.37. The summed E-state index contributed by atoms with van der Waals surface area (Å²) in [4.78, 5) is 23.8. The van der Waals surface area contributed by atoms with Crippen LogP contribution in [0.5, 0.6) is 11.5 Å². The molecule has 0 aliphatic rings. The molecule has 0 aromatic heterocycles. The third kappa shape index (κ3) is 6.41. The van der Waals surface area contributed by atoms with Crippen LogP contribution in [0.25, 0.3) is 6.08 Å². The molecule has 0 aliphatic carbocycles. The van der Waals surface area contributed by atoms with Gasteiger partial charge in [-0.25, -0.2) is 4.79 Å². The van der Waals surface area contributed by atoms with Crippen molar-refractivity contribution in [3.8, 4) is 17.6 Å². The maximum Gasteiger partial charge on any atom is 0.343 e. The van der Waals surface area contributed by atoms with Crippen molar-refractivity contribution in [1.82, 2.24) is 0 Å². The summed E-state index contributed by atoms with van der Waals surface area (Å²) in [6, 6.07) is 11.4. The van der Waals surface area contributed by atoms with Gasteiger partial charge in [0.15, 0.2) is 18.1 Å². The van der Waals surface area contributed by atoms with E-state index in [1.54, 1.807) is 37.3 Å². The summed E-state index contributed by atoms with van der Waals surface area (Å²) in [7, 11) is 1.24. The Hall–Kier alpha value is -3.21. The Morgan fingerprint density at radius 1 is 1.17 bits per heavy atom. The average Bonchev–Trinajstić information content (AvgIpc) is 2.72. The molecule has 0 fully saturated rings. The van der Waals surface area contributed by atoms with E-state index in [1.807, 2.05) is 6.07 Å². The van der Waals surface area contributed by atoms with Crippen molar-refractivity contribution in [2.24, 2.45) is 0 Å². The third-order valence-corrected chi connectivity index (χ3v) is 4.20. The van der Waals surface area contributed by atoms with Gasteiger partial charge >= 0.3 is 5.97 Å². The standard InChI is InChI=1S/C21H18Cl2N2O5/c1-3-29-18-10-13(9-17(23)20(18)30-12-19(26)28-2)8-14(11-24)21(27)25-16-6-4-15(22)5-7-16/h4-10H,3,12H2,1-2H3,(H,25,27)/b14-8+. The second kappa shape index (κ2) is 11.1. The van der Waals surface area contributed by atoms with Gasteiger partial charge in [0.05, 0.1) is 18.7 Å². The predicted molar refractivity (Wildman–Crippen MR) is 114 cm³/mol. The van der Waals surface area contributed by atoms with Gasteiger partial charge in [-0.3, -0.25) is 4.79 Å².